The Kier molecular flexibility index (Phi) is 24.6. The van der Waals surface area contributed by atoms with E-state index < -0.39 is 21.5 Å². The minimum absolute atomic E-state index is 0. The van der Waals surface area contributed by atoms with Crippen LogP contribution < -0.4 is 51.4 Å². The molecule has 1 N–H and O–H groups in total. The van der Waals surface area contributed by atoms with Crippen molar-refractivity contribution in [3.63, 3.8) is 0 Å². The molecule has 0 aromatic heterocycles. The van der Waals surface area contributed by atoms with Crippen molar-refractivity contribution in [3.8, 4) is 0 Å². The molecule has 2 atom stereocenters. The molecule has 0 heterocycles. The molecule has 0 aromatic rings. The maximum Gasteiger partial charge on any atom is 1.00 e. The van der Waals surface area contributed by atoms with Crippen LogP contribution in [0.3, 0.4) is 0 Å². The Balaban J connectivity index is 0. The van der Waals surface area contributed by atoms with Crippen LogP contribution >= 0.6 is 0 Å². The molecular weight excluding hydrogens is 399 g/mol. The van der Waals surface area contributed by atoms with E-state index in [0.717, 1.165) is 19.3 Å². The number of aliphatic hydroxyl groups excluding tert-OH is 1. The number of hydrogen-bond acceptors (Lipinski definition) is 4. The zero-order chi connectivity index (χ0) is 20.4. The number of hydrogen-bond donors (Lipinski definition) is 1. The number of rotatable bonds is 20. The zero-order valence-electron chi connectivity index (χ0n) is 19.0. The molecule has 0 aliphatic heterocycles. The molecule has 2 unspecified atom stereocenters. The summed E-state index contributed by atoms with van der Waals surface area (Å²) in [7, 11) is -4.29. The Morgan fingerprint density at radius 1 is 0.714 bits per heavy atom. The summed E-state index contributed by atoms with van der Waals surface area (Å²) < 4.78 is 33.6. The predicted octanol–water partition coefficient (Wildman–Crippen LogP) is 3.33. The molecule has 0 aliphatic carbocycles. The fourth-order valence-electron chi connectivity index (χ4n) is 3.68. The molecule has 6 heteroatoms. The molecule has 164 valence electrons. The van der Waals surface area contributed by atoms with Gasteiger partial charge in [-0.1, -0.05) is 110 Å². The maximum atomic E-state index is 11.2. The van der Waals surface area contributed by atoms with Gasteiger partial charge >= 0.3 is 51.4 Å². The summed E-state index contributed by atoms with van der Waals surface area (Å²) in [5.41, 5.74) is 0. The summed E-state index contributed by atoms with van der Waals surface area (Å²) in [6.07, 6.45) is 20.1. The SMILES string of the molecule is CCCCCCCCCCCCCCCCCCC(CC(C)O)S(=O)(=O)[O-].[K+]. The van der Waals surface area contributed by atoms with Crippen molar-refractivity contribution in [2.24, 2.45) is 0 Å². The van der Waals surface area contributed by atoms with Crippen LogP contribution in [-0.4, -0.2) is 29.4 Å². The van der Waals surface area contributed by atoms with Gasteiger partial charge in [-0.3, -0.25) is 0 Å². The molecule has 0 amide bonds. The van der Waals surface area contributed by atoms with Crippen molar-refractivity contribution < 1.29 is 69.5 Å². The third kappa shape index (κ3) is 22.2. The summed E-state index contributed by atoms with van der Waals surface area (Å²) >= 11 is 0. The molecule has 0 rings (SSSR count). The molecule has 0 aliphatic rings. The average molecular weight is 445 g/mol. The van der Waals surface area contributed by atoms with Crippen LogP contribution in [0.5, 0.6) is 0 Å². The van der Waals surface area contributed by atoms with Crippen molar-refractivity contribution in [2.75, 3.05) is 0 Å². The van der Waals surface area contributed by atoms with Gasteiger partial charge in [0.1, 0.15) is 0 Å². The quantitative estimate of drug-likeness (QED) is 0.177. The van der Waals surface area contributed by atoms with E-state index in [1.54, 1.807) is 0 Å². The van der Waals surface area contributed by atoms with Gasteiger partial charge in [-0.05, 0) is 19.8 Å². The van der Waals surface area contributed by atoms with Crippen LogP contribution in [0, 0.1) is 0 Å². The first-order valence-electron chi connectivity index (χ1n) is 11.5. The molecule has 0 fully saturated rings. The van der Waals surface area contributed by atoms with Gasteiger partial charge in [0.25, 0.3) is 0 Å². The van der Waals surface area contributed by atoms with Gasteiger partial charge < -0.3 is 9.66 Å². The minimum Gasteiger partial charge on any atom is -0.748 e. The second kappa shape index (κ2) is 21.7. The topological polar surface area (TPSA) is 77.4 Å². The van der Waals surface area contributed by atoms with Gasteiger partial charge in [-0.15, -0.1) is 0 Å². The standard InChI is InChI=1S/C22H46O4S.K/c1-3-4-5-6-7-8-9-10-11-12-13-14-15-16-17-18-19-22(20-21(2)23)27(24,25)26;/h21-23H,3-20H2,1-2H3,(H,24,25,26);/q;+1/p-1. The Bertz CT molecular complexity index is 413. The van der Waals surface area contributed by atoms with Crippen LogP contribution in [0.25, 0.3) is 0 Å². The first kappa shape index (κ1) is 31.7. The Morgan fingerprint density at radius 2 is 1.04 bits per heavy atom. The van der Waals surface area contributed by atoms with Crippen LogP contribution in [-0.2, 0) is 10.1 Å². The van der Waals surface area contributed by atoms with Crippen molar-refractivity contribution in [1.29, 1.82) is 0 Å². The summed E-state index contributed by atoms with van der Waals surface area (Å²) in [5.74, 6) is 0. The minimum atomic E-state index is -4.29. The molecule has 4 nitrogen and oxygen atoms in total. The fraction of sp³-hybridized carbons (Fsp3) is 1.00. The summed E-state index contributed by atoms with van der Waals surface area (Å²) in [5, 5.41) is 8.39. The molecule has 0 aromatic carbocycles. The average Bonchev–Trinajstić information content (AvgIpc) is 2.59. The van der Waals surface area contributed by atoms with E-state index in [4.69, 9.17) is 0 Å². The van der Waals surface area contributed by atoms with E-state index in [2.05, 4.69) is 6.92 Å². The first-order chi connectivity index (χ1) is 12.9. The smallest absolute Gasteiger partial charge is 0.748 e. The molecule has 0 spiro atoms. The van der Waals surface area contributed by atoms with E-state index >= 15 is 0 Å². The van der Waals surface area contributed by atoms with Gasteiger partial charge in [0.05, 0.1) is 21.5 Å². The number of aliphatic hydroxyl groups is 1. The molecule has 28 heavy (non-hydrogen) atoms. The third-order valence-corrected chi connectivity index (χ3v) is 6.64. The van der Waals surface area contributed by atoms with E-state index in [-0.39, 0.29) is 57.8 Å². The first-order valence-corrected chi connectivity index (χ1v) is 13.0. The van der Waals surface area contributed by atoms with Crippen molar-refractivity contribution in [3.05, 3.63) is 0 Å². The monoisotopic (exact) mass is 444 g/mol. The third-order valence-electron chi connectivity index (χ3n) is 5.39. The van der Waals surface area contributed by atoms with Gasteiger partial charge in [-0.2, -0.15) is 0 Å². The van der Waals surface area contributed by atoms with Crippen LogP contribution in [0.1, 0.15) is 129 Å². The van der Waals surface area contributed by atoms with E-state index in [9.17, 15) is 18.1 Å². The maximum absolute atomic E-state index is 11.2. The Hall–Kier alpha value is 1.51. The normalized spacial score (nSPS) is 13.9. The Morgan fingerprint density at radius 3 is 1.32 bits per heavy atom. The molecule has 0 bridgehead atoms. The Labute approximate surface area is 218 Å². The van der Waals surface area contributed by atoms with Crippen LogP contribution in [0.15, 0.2) is 0 Å². The fourth-order valence-corrected chi connectivity index (χ4v) is 4.65. The van der Waals surface area contributed by atoms with Crippen molar-refractivity contribution in [2.45, 2.75) is 141 Å². The molecule has 0 radical (unpaired) electrons. The second-order valence-electron chi connectivity index (χ2n) is 8.29. The van der Waals surface area contributed by atoms with E-state index in [1.165, 1.54) is 90.4 Å². The number of unbranched alkanes of at least 4 members (excludes halogenated alkanes) is 15. The summed E-state index contributed by atoms with van der Waals surface area (Å²) in [4.78, 5) is 0. The predicted molar refractivity (Wildman–Crippen MR) is 114 cm³/mol. The zero-order valence-corrected chi connectivity index (χ0v) is 22.9. The van der Waals surface area contributed by atoms with Gasteiger partial charge in [-0.25, -0.2) is 8.42 Å². The van der Waals surface area contributed by atoms with Gasteiger partial charge in [0.2, 0.25) is 0 Å². The van der Waals surface area contributed by atoms with Crippen LogP contribution in [0.2, 0.25) is 0 Å². The molecule has 0 saturated carbocycles. The summed E-state index contributed by atoms with van der Waals surface area (Å²) in [6, 6.07) is 0. The molecule has 0 saturated heterocycles. The second-order valence-corrected chi connectivity index (χ2v) is 9.94. The van der Waals surface area contributed by atoms with Crippen molar-refractivity contribution >= 4 is 10.1 Å². The largest absolute Gasteiger partial charge is 1.00 e. The van der Waals surface area contributed by atoms with Gasteiger partial charge in [0, 0.05) is 0 Å². The van der Waals surface area contributed by atoms with Crippen LogP contribution in [0.4, 0.5) is 0 Å². The summed E-state index contributed by atoms with van der Waals surface area (Å²) in [6.45, 7) is 3.79. The van der Waals surface area contributed by atoms with E-state index in [1.807, 2.05) is 0 Å². The van der Waals surface area contributed by atoms with Crippen molar-refractivity contribution in [1.82, 2.24) is 0 Å². The van der Waals surface area contributed by atoms with E-state index in [0.29, 0.717) is 6.42 Å². The molecular formula is C22H45KO4S. The van der Waals surface area contributed by atoms with Gasteiger partial charge in [0.15, 0.2) is 0 Å².